The minimum Gasteiger partial charge on any atom is -0.379 e. The first kappa shape index (κ1) is 16.6. The standard InChI is InChI=1S/C17H19BrN2O2S/c18-16-7-6-15(23-16)17(21)19-14(13-4-2-1-3-5-13)12-20-8-10-22-11-9-20/h1-7,14H,8-12H2,(H,19,21). The zero-order valence-corrected chi connectivity index (χ0v) is 15.1. The number of amides is 1. The van der Waals surface area contributed by atoms with Crippen molar-refractivity contribution in [1.29, 1.82) is 0 Å². The molecule has 1 fully saturated rings. The lowest BCUT2D eigenvalue weighted by Crippen LogP contribution is -2.43. The van der Waals surface area contributed by atoms with E-state index in [2.05, 4.69) is 38.3 Å². The number of thiophene rings is 1. The maximum absolute atomic E-state index is 12.5. The van der Waals surface area contributed by atoms with Crippen LogP contribution >= 0.6 is 27.3 Å². The lowest BCUT2D eigenvalue weighted by Gasteiger charge is -2.31. The first-order valence-corrected chi connectivity index (χ1v) is 9.24. The van der Waals surface area contributed by atoms with E-state index in [4.69, 9.17) is 4.74 Å². The molecule has 1 unspecified atom stereocenters. The van der Waals surface area contributed by atoms with E-state index in [9.17, 15) is 4.79 Å². The maximum Gasteiger partial charge on any atom is 0.261 e. The smallest absolute Gasteiger partial charge is 0.261 e. The van der Waals surface area contributed by atoms with Crippen LogP contribution in [0.15, 0.2) is 46.3 Å². The first-order chi connectivity index (χ1) is 11.2. The second-order valence-corrected chi connectivity index (χ2v) is 7.92. The summed E-state index contributed by atoms with van der Waals surface area (Å²) in [5.74, 6) is -0.0252. The highest BCUT2D eigenvalue weighted by Gasteiger charge is 2.21. The Balaban J connectivity index is 1.73. The van der Waals surface area contributed by atoms with Gasteiger partial charge in [0.05, 0.1) is 27.9 Å². The highest BCUT2D eigenvalue weighted by atomic mass is 79.9. The Labute approximate surface area is 148 Å². The fourth-order valence-corrected chi connectivity index (χ4v) is 3.92. The Morgan fingerprint density at radius 1 is 1.22 bits per heavy atom. The number of carbonyl (C=O) groups is 1. The summed E-state index contributed by atoms with van der Waals surface area (Å²) in [5.41, 5.74) is 1.13. The zero-order chi connectivity index (χ0) is 16.1. The number of morpholine rings is 1. The third-order valence-corrected chi connectivity index (χ3v) is 5.47. The van der Waals surface area contributed by atoms with E-state index in [1.807, 2.05) is 30.3 Å². The molecule has 0 bridgehead atoms. The Morgan fingerprint density at radius 2 is 1.96 bits per heavy atom. The van der Waals surface area contributed by atoms with Crippen molar-refractivity contribution in [1.82, 2.24) is 10.2 Å². The van der Waals surface area contributed by atoms with Crippen LogP contribution in [0, 0.1) is 0 Å². The fraction of sp³-hybridized carbons (Fsp3) is 0.353. The fourth-order valence-electron chi connectivity index (χ4n) is 2.63. The molecule has 2 aromatic rings. The van der Waals surface area contributed by atoms with Gasteiger partial charge in [0.2, 0.25) is 0 Å². The molecule has 1 aromatic carbocycles. The number of hydrogen-bond donors (Lipinski definition) is 1. The van der Waals surface area contributed by atoms with Crippen molar-refractivity contribution >= 4 is 33.2 Å². The van der Waals surface area contributed by atoms with Gasteiger partial charge in [0, 0.05) is 19.6 Å². The normalized spacial score (nSPS) is 16.9. The van der Waals surface area contributed by atoms with Crippen molar-refractivity contribution in [3.63, 3.8) is 0 Å². The minimum atomic E-state index is -0.0253. The van der Waals surface area contributed by atoms with Crippen LogP contribution in [0.25, 0.3) is 0 Å². The summed E-state index contributed by atoms with van der Waals surface area (Å²) in [5, 5.41) is 3.18. The van der Waals surface area contributed by atoms with Crippen molar-refractivity contribution < 1.29 is 9.53 Å². The van der Waals surface area contributed by atoms with Crippen molar-refractivity contribution in [3.8, 4) is 0 Å². The van der Waals surface area contributed by atoms with Crippen LogP contribution in [0.1, 0.15) is 21.3 Å². The number of halogens is 1. The maximum atomic E-state index is 12.5. The summed E-state index contributed by atoms with van der Waals surface area (Å²) in [6, 6.07) is 13.9. The molecule has 3 rings (SSSR count). The molecule has 6 heteroatoms. The van der Waals surface area contributed by atoms with E-state index in [0.717, 1.165) is 47.1 Å². The lowest BCUT2D eigenvalue weighted by molar-refractivity contribution is 0.0332. The molecule has 122 valence electrons. The van der Waals surface area contributed by atoms with Gasteiger partial charge >= 0.3 is 0 Å². The van der Waals surface area contributed by atoms with E-state index in [0.29, 0.717) is 0 Å². The highest BCUT2D eigenvalue weighted by molar-refractivity contribution is 9.11. The molecule has 1 N–H and O–H groups in total. The largest absolute Gasteiger partial charge is 0.379 e. The summed E-state index contributed by atoms with van der Waals surface area (Å²) < 4.78 is 6.37. The van der Waals surface area contributed by atoms with Gasteiger partial charge in [0.25, 0.3) is 5.91 Å². The molecule has 1 atom stereocenters. The van der Waals surface area contributed by atoms with Gasteiger partial charge in [-0.3, -0.25) is 9.69 Å². The number of rotatable bonds is 5. The van der Waals surface area contributed by atoms with Gasteiger partial charge in [-0.1, -0.05) is 30.3 Å². The second-order valence-electron chi connectivity index (χ2n) is 5.45. The van der Waals surface area contributed by atoms with Crippen LogP contribution in [0.4, 0.5) is 0 Å². The van der Waals surface area contributed by atoms with Crippen LogP contribution in [0.3, 0.4) is 0 Å². The van der Waals surface area contributed by atoms with Crippen LogP contribution in [0.2, 0.25) is 0 Å². The Kier molecular flexibility index (Phi) is 5.83. The van der Waals surface area contributed by atoms with Crippen LogP contribution in [-0.2, 0) is 4.74 Å². The summed E-state index contributed by atoms with van der Waals surface area (Å²) in [6.45, 7) is 4.12. The van der Waals surface area contributed by atoms with Gasteiger partial charge in [-0.15, -0.1) is 11.3 Å². The summed E-state index contributed by atoms with van der Waals surface area (Å²) in [6.07, 6.45) is 0. The molecule has 2 heterocycles. The SMILES string of the molecule is O=C(NC(CN1CCOCC1)c1ccccc1)c1ccc(Br)s1. The Bertz CT molecular complexity index is 641. The zero-order valence-electron chi connectivity index (χ0n) is 12.7. The average Bonchev–Trinajstić information content (AvgIpc) is 3.03. The van der Waals surface area contributed by atoms with Gasteiger partial charge in [-0.05, 0) is 33.6 Å². The molecule has 0 spiro atoms. The molecular weight excluding hydrogens is 376 g/mol. The Morgan fingerprint density at radius 3 is 2.61 bits per heavy atom. The topological polar surface area (TPSA) is 41.6 Å². The van der Waals surface area contributed by atoms with Crippen molar-refractivity contribution in [2.45, 2.75) is 6.04 Å². The van der Waals surface area contributed by atoms with E-state index >= 15 is 0 Å². The summed E-state index contributed by atoms with van der Waals surface area (Å²) >= 11 is 4.86. The van der Waals surface area contributed by atoms with Crippen LogP contribution in [0.5, 0.6) is 0 Å². The van der Waals surface area contributed by atoms with Gasteiger partial charge in [-0.2, -0.15) is 0 Å². The quantitative estimate of drug-likeness (QED) is 0.845. The molecular formula is C17H19BrN2O2S. The number of carbonyl (C=O) groups excluding carboxylic acids is 1. The molecule has 0 aliphatic carbocycles. The van der Waals surface area contributed by atoms with E-state index < -0.39 is 0 Å². The van der Waals surface area contributed by atoms with E-state index in [-0.39, 0.29) is 11.9 Å². The second kappa shape index (κ2) is 8.06. The van der Waals surface area contributed by atoms with Crippen LogP contribution < -0.4 is 5.32 Å². The average molecular weight is 395 g/mol. The number of nitrogens with one attached hydrogen (secondary N) is 1. The third-order valence-electron chi connectivity index (χ3n) is 3.85. The molecule has 1 aliphatic rings. The Hall–Kier alpha value is -1.21. The monoisotopic (exact) mass is 394 g/mol. The molecule has 1 aliphatic heterocycles. The van der Waals surface area contributed by atoms with Crippen molar-refractivity contribution in [2.24, 2.45) is 0 Å². The minimum absolute atomic E-state index is 0.0252. The molecule has 0 saturated carbocycles. The van der Waals surface area contributed by atoms with Crippen LogP contribution in [-0.4, -0.2) is 43.7 Å². The molecule has 0 radical (unpaired) electrons. The number of benzene rings is 1. The van der Waals surface area contributed by atoms with Crippen molar-refractivity contribution in [3.05, 3.63) is 56.7 Å². The number of hydrogen-bond acceptors (Lipinski definition) is 4. The van der Waals surface area contributed by atoms with E-state index in [1.54, 1.807) is 0 Å². The van der Waals surface area contributed by atoms with Gasteiger partial charge < -0.3 is 10.1 Å². The first-order valence-electron chi connectivity index (χ1n) is 7.63. The predicted octanol–water partition coefficient (Wildman–Crippen LogP) is 3.31. The van der Waals surface area contributed by atoms with Gasteiger partial charge in [0.15, 0.2) is 0 Å². The molecule has 1 aromatic heterocycles. The molecule has 4 nitrogen and oxygen atoms in total. The molecule has 1 saturated heterocycles. The predicted molar refractivity (Wildman–Crippen MR) is 95.9 cm³/mol. The summed E-state index contributed by atoms with van der Waals surface area (Å²) in [4.78, 5) is 15.6. The molecule has 1 amide bonds. The molecule has 23 heavy (non-hydrogen) atoms. The van der Waals surface area contributed by atoms with Gasteiger partial charge in [0.1, 0.15) is 0 Å². The number of ether oxygens (including phenoxy) is 1. The van der Waals surface area contributed by atoms with Gasteiger partial charge in [-0.25, -0.2) is 0 Å². The lowest BCUT2D eigenvalue weighted by atomic mass is 10.1. The third kappa shape index (κ3) is 4.64. The highest BCUT2D eigenvalue weighted by Crippen LogP contribution is 2.23. The van der Waals surface area contributed by atoms with Crippen molar-refractivity contribution in [2.75, 3.05) is 32.8 Å². The summed E-state index contributed by atoms with van der Waals surface area (Å²) in [7, 11) is 0. The number of nitrogens with zero attached hydrogens (tertiary/aromatic N) is 1. The van der Waals surface area contributed by atoms with E-state index in [1.165, 1.54) is 11.3 Å².